The minimum absolute atomic E-state index is 0.202. The van der Waals surface area contributed by atoms with Crippen molar-refractivity contribution in [1.82, 2.24) is 5.32 Å². The summed E-state index contributed by atoms with van der Waals surface area (Å²) in [7, 11) is 3.11. The molecule has 0 spiro atoms. The van der Waals surface area contributed by atoms with Gasteiger partial charge < -0.3 is 19.5 Å². The number of amides is 1. The molecule has 1 aromatic carbocycles. The van der Waals surface area contributed by atoms with E-state index in [0.717, 1.165) is 31.2 Å². The van der Waals surface area contributed by atoms with Crippen LogP contribution < -0.4 is 14.8 Å². The molecule has 6 nitrogen and oxygen atoms in total. The number of esters is 1. The number of rotatable bonds is 7. The fraction of sp³-hybridized carbons (Fsp3) is 0.474. The fourth-order valence-electron chi connectivity index (χ4n) is 2.75. The molecule has 6 heteroatoms. The lowest BCUT2D eigenvalue weighted by molar-refractivity contribution is -0.150. The minimum atomic E-state index is -0.822. The summed E-state index contributed by atoms with van der Waals surface area (Å²) < 4.78 is 15.5. The molecule has 0 radical (unpaired) electrons. The maximum absolute atomic E-state index is 12.0. The molecule has 1 saturated carbocycles. The first kappa shape index (κ1) is 18.8. The Morgan fingerprint density at radius 2 is 1.72 bits per heavy atom. The van der Waals surface area contributed by atoms with Crippen LogP contribution in [0.15, 0.2) is 24.3 Å². The number of nitrogens with one attached hydrogen (secondary N) is 1. The summed E-state index contributed by atoms with van der Waals surface area (Å²) in [4.78, 5) is 24.0. The smallest absolute Gasteiger partial charge is 0.331 e. The van der Waals surface area contributed by atoms with E-state index in [1.54, 1.807) is 45.4 Å². The van der Waals surface area contributed by atoms with E-state index in [9.17, 15) is 9.59 Å². The Hall–Kier alpha value is -2.50. The van der Waals surface area contributed by atoms with Crippen molar-refractivity contribution >= 4 is 18.0 Å². The first-order chi connectivity index (χ1) is 12.0. The molecule has 1 aliphatic carbocycles. The second-order valence-electron chi connectivity index (χ2n) is 6.05. The highest BCUT2D eigenvalue weighted by Gasteiger charge is 2.22. The predicted octanol–water partition coefficient (Wildman–Crippen LogP) is 2.71. The van der Waals surface area contributed by atoms with Crippen LogP contribution in [0.25, 0.3) is 6.08 Å². The van der Waals surface area contributed by atoms with Crippen molar-refractivity contribution in [3.8, 4) is 11.5 Å². The molecule has 0 unspecified atom stereocenters. The van der Waals surface area contributed by atoms with Crippen LogP contribution in [0.3, 0.4) is 0 Å². The first-order valence-electron chi connectivity index (χ1n) is 8.44. The third-order valence-corrected chi connectivity index (χ3v) is 4.15. The second kappa shape index (κ2) is 9.11. The Balaban J connectivity index is 1.90. The minimum Gasteiger partial charge on any atom is -0.497 e. The van der Waals surface area contributed by atoms with Gasteiger partial charge in [0.2, 0.25) is 0 Å². The monoisotopic (exact) mass is 347 g/mol. The van der Waals surface area contributed by atoms with Gasteiger partial charge in [-0.15, -0.1) is 0 Å². The molecule has 1 N–H and O–H groups in total. The van der Waals surface area contributed by atoms with Crippen LogP contribution in [-0.2, 0) is 14.3 Å². The van der Waals surface area contributed by atoms with Crippen molar-refractivity contribution in [1.29, 1.82) is 0 Å². The quantitative estimate of drug-likeness (QED) is 0.606. The number of hydrogen-bond donors (Lipinski definition) is 1. The highest BCUT2D eigenvalue weighted by molar-refractivity contribution is 5.90. The lowest BCUT2D eigenvalue weighted by atomic mass is 10.2. The first-order valence-corrected chi connectivity index (χ1v) is 8.44. The Morgan fingerprint density at radius 3 is 2.28 bits per heavy atom. The van der Waals surface area contributed by atoms with Crippen molar-refractivity contribution in [2.24, 2.45) is 0 Å². The van der Waals surface area contributed by atoms with Gasteiger partial charge in [0.25, 0.3) is 5.91 Å². The van der Waals surface area contributed by atoms with Crippen LogP contribution in [0.1, 0.15) is 38.2 Å². The molecule has 0 saturated heterocycles. The van der Waals surface area contributed by atoms with Gasteiger partial charge in [-0.05, 0) is 43.5 Å². The largest absolute Gasteiger partial charge is 0.497 e. The van der Waals surface area contributed by atoms with Crippen LogP contribution >= 0.6 is 0 Å². The number of carbonyl (C=O) groups is 2. The molecule has 136 valence electrons. The molecule has 2 rings (SSSR count). The van der Waals surface area contributed by atoms with E-state index >= 15 is 0 Å². The standard InChI is InChI=1S/C19H25NO5/c1-13(19(22)20-15-6-4-5-7-15)25-18(21)9-8-14-10-16(23-2)12-17(11-14)24-3/h8-13,15H,4-7H2,1-3H3,(H,20,22)/b9-8+/t13-/m0/s1. The summed E-state index contributed by atoms with van der Waals surface area (Å²) in [5.74, 6) is 0.418. The summed E-state index contributed by atoms with van der Waals surface area (Å²) in [6, 6.07) is 5.48. The van der Waals surface area contributed by atoms with E-state index in [2.05, 4.69) is 5.32 Å². The van der Waals surface area contributed by atoms with Crippen LogP contribution in [0.4, 0.5) is 0 Å². The van der Waals surface area contributed by atoms with Gasteiger partial charge in [0.05, 0.1) is 14.2 Å². The zero-order valence-electron chi connectivity index (χ0n) is 14.9. The number of benzene rings is 1. The van der Waals surface area contributed by atoms with Gasteiger partial charge in [0.15, 0.2) is 6.10 Å². The van der Waals surface area contributed by atoms with Crippen LogP contribution in [0.5, 0.6) is 11.5 Å². The van der Waals surface area contributed by atoms with E-state index in [0.29, 0.717) is 11.5 Å². The zero-order chi connectivity index (χ0) is 18.2. The molecular formula is C19H25NO5. The fourth-order valence-corrected chi connectivity index (χ4v) is 2.75. The van der Waals surface area contributed by atoms with Crippen LogP contribution in [0, 0.1) is 0 Å². The molecule has 0 bridgehead atoms. The van der Waals surface area contributed by atoms with Gasteiger partial charge in [0, 0.05) is 18.2 Å². The van der Waals surface area contributed by atoms with E-state index < -0.39 is 12.1 Å². The Labute approximate surface area is 148 Å². The highest BCUT2D eigenvalue weighted by Crippen LogP contribution is 2.23. The number of hydrogen-bond acceptors (Lipinski definition) is 5. The normalized spacial score (nSPS) is 15.8. The maximum atomic E-state index is 12.0. The molecule has 0 aliphatic heterocycles. The third kappa shape index (κ3) is 5.81. The van der Waals surface area contributed by atoms with Crippen LogP contribution in [0.2, 0.25) is 0 Å². The molecule has 0 aromatic heterocycles. The van der Waals surface area contributed by atoms with Gasteiger partial charge in [0.1, 0.15) is 11.5 Å². The Bertz CT molecular complexity index is 612. The van der Waals surface area contributed by atoms with Gasteiger partial charge >= 0.3 is 5.97 Å². The lowest BCUT2D eigenvalue weighted by Gasteiger charge is -2.16. The highest BCUT2D eigenvalue weighted by atomic mass is 16.5. The van der Waals surface area contributed by atoms with Crippen molar-refractivity contribution < 1.29 is 23.8 Å². The van der Waals surface area contributed by atoms with Gasteiger partial charge in [-0.25, -0.2) is 4.79 Å². The Kier molecular flexibility index (Phi) is 6.86. The summed E-state index contributed by atoms with van der Waals surface area (Å²) in [6.07, 6.45) is 6.30. The van der Waals surface area contributed by atoms with Crippen LogP contribution in [-0.4, -0.2) is 38.2 Å². The van der Waals surface area contributed by atoms with Gasteiger partial charge in [-0.3, -0.25) is 4.79 Å². The van der Waals surface area contributed by atoms with Crippen molar-refractivity contribution in [2.45, 2.75) is 44.8 Å². The zero-order valence-corrected chi connectivity index (χ0v) is 14.9. The SMILES string of the molecule is COc1cc(/C=C/C(=O)O[C@@H](C)C(=O)NC2CCCC2)cc(OC)c1. The predicted molar refractivity (Wildman–Crippen MR) is 94.5 cm³/mol. The molecule has 25 heavy (non-hydrogen) atoms. The molecule has 1 atom stereocenters. The maximum Gasteiger partial charge on any atom is 0.331 e. The molecule has 0 heterocycles. The molecule has 1 fully saturated rings. The average Bonchev–Trinajstić information content (AvgIpc) is 3.12. The van der Waals surface area contributed by atoms with E-state index in [1.165, 1.54) is 6.08 Å². The lowest BCUT2D eigenvalue weighted by Crippen LogP contribution is -2.40. The Morgan fingerprint density at radius 1 is 1.12 bits per heavy atom. The number of methoxy groups -OCH3 is 2. The second-order valence-corrected chi connectivity index (χ2v) is 6.05. The summed E-state index contributed by atoms with van der Waals surface area (Å²) in [6.45, 7) is 1.57. The number of carbonyl (C=O) groups excluding carboxylic acids is 2. The number of ether oxygens (including phenoxy) is 3. The van der Waals surface area contributed by atoms with E-state index in [4.69, 9.17) is 14.2 Å². The van der Waals surface area contributed by atoms with E-state index in [-0.39, 0.29) is 11.9 Å². The summed E-state index contributed by atoms with van der Waals surface area (Å²) in [5.41, 5.74) is 0.733. The van der Waals surface area contributed by atoms with Gasteiger partial charge in [-0.2, -0.15) is 0 Å². The van der Waals surface area contributed by atoms with Crippen molar-refractivity contribution in [2.75, 3.05) is 14.2 Å². The molecule has 1 amide bonds. The van der Waals surface area contributed by atoms with Crippen molar-refractivity contribution in [3.05, 3.63) is 29.8 Å². The van der Waals surface area contributed by atoms with Crippen molar-refractivity contribution in [3.63, 3.8) is 0 Å². The molecule has 1 aliphatic rings. The average molecular weight is 347 g/mol. The van der Waals surface area contributed by atoms with E-state index in [1.807, 2.05) is 0 Å². The summed E-state index contributed by atoms with van der Waals surface area (Å²) in [5, 5.41) is 2.91. The molecule has 1 aromatic rings. The van der Waals surface area contributed by atoms with Gasteiger partial charge in [-0.1, -0.05) is 12.8 Å². The molecular weight excluding hydrogens is 322 g/mol. The summed E-state index contributed by atoms with van der Waals surface area (Å²) >= 11 is 0. The topological polar surface area (TPSA) is 73.9 Å². The third-order valence-electron chi connectivity index (χ3n) is 4.15.